The third-order valence-electron chi connectivity index (χ3n) is 10.4. The Hall–Kier alpha value is -1.65. The molecular formula is C30H34F4O4S2. The zero-order chi connectivity index (χ0) is 28.4. The van der Waals surface area contributed by atoms with Crippen molar-refractivity contribution in [3.63, 3.8) is 0 Å². The molecule has 7 atom stereocenters. The standard InChI is InChI=1S/C16H17OS.C14H18F4O3S/c17-16(12-18-10-3-4-11-18)15-9-5-7-13-6-1-2-8-14(13)15;15-13(16,14(17,18)22(19,20)21)10-5-8-4-9(10)12-7-2-1-6(3-7)11(8)12/h1-2,5-9H,3-4,10-12H2;6-12H,1-5H2,(H,19,20,21)/q+1;/p-1. The SMILES string of the molecule is O=C(C[S+]1CCCC1)c1cccc2ccccc12.O=S(=O)([O-])C(F)(F)C(F)(F)C1CC2CC1C1C3CCC(C3)C21. The van der Waals surface area contributed by atoms with Gasteiger partial charge in [-0.3, -0.25) is 4.79 Å². The molecule has 7 unspecified atom stereocenters. The number of benzene rings is 2. The number of halogens is 4. The Labute approximate surface area is 235 Å². The molecule has 4 saturated carbocycles. The van der Waals surface area contributed by atoms with Gasteiger partial charge in [0.25, 0.3) is 0 Å². The Morgan fingerprint density at radius 1 is 0.875 bits per heavy atom. The van der Waals surface area contributed by atoms with Crippen LogP contribution >= 0.6 is 0 Å². The molecule has 40 heavy (non-hydrogen) atoms. The van der Waals surface area contributed by atoms with E-state index in [1.807, 2.05) is 24.3 Å². The lowest BCUT2D eigenvalue weighted by Crippen LogP contribution is -2.54. The molecule has 0 amide bonds. The number of fused-ring (bicyclic) bond motifs is 10. The summed E-state index contributed by atoms with van der Waals surface area (Å²) < 4.78 is 87.5. The topological polar surface area (TPSA) is 74.3 Å². The Kier molecular flexibility index (Phi) is 7.30. The van der Waals surface area contributed by atoms with Crippen molar-refractivity contribution in [2.45, 2.75) is 56.1 Å². The zero-order valence-electron chi connectivity index (χ0n) is 22.1. The molecule has 1 heterocycles. The molecular weight excluding hydrogens is 564 g/mol. The lowest BCUT2D eigenvalue weighted by atomic mass is 9.66. The van der Waals surface area contributed by atoms with Crippen molar-refractivity contribution in [1.82, 2.24) is 0 Å². The fourth-order valence-corrected chi connectivity index (χ4v) is 11.7. The van der Waals surface area contributed by atoms with Crippen LogP contribution in [0, 0.1) is 41.4 Å². The molecule has 10 heteroatoms. The Balaban J connectivity index is 0.000000148. The predicted octanol–water partition coefficient (Wildman–Crippen LogP) is 6.51. The van der Waals surface area contributed by atoms with E-state index >= 15 is 0 Å². The normalized spacial score (nSPS) is 33.3. The first kappa shape index (κ1) is 28.5. The fourth-order valence-electron chi connectivity index (χ4n) is 8.96. The highest BCUT2D eigenvalue weighted by Gasteiger charge is 2.73. The van der Waals surface area contributed by atoms with Gasteiger partial charge in [-0.15, -0.1) is 0 Å². The van der Waals surface area contributed by atoms with E-state index in [1.54, 1.807) is 0 Å². The first-order valence-electron chi connectivity index (χ1n) is 14.3. The average Bonchev–Trinajstić information content (AvgIpc) is 3.74. The minimum atomic E-state index is -6.38. The van der Waals surface area contributed by atoms with Crippen molar-refractivity contribution in [2.24, 2.45) is 41.4 Å². The highest BCUT2D eigenvalue weighted by Crippen LogP contribution is 2.71. The van der Waals surface area contributed by atoms with Gasteiger partial charge in [-0.1, -0.05) is 42.5 Å². The number of hydrogen-bond donors (Lipinski definition) is 0. The van der Waals surface area contributed by atoms with E-state index in [1.165, 1.54) is 24.3 Å². The fraction of sp³-hybridized carbons (Fsp3) is 0.633. The number of carbonyl (C=O) groups is 1. The first-order valence-corrected chi connectivity index (χ1v) is 17.4. The third kappa shape index (κ3) is 4.60. The largest absolute Gasteiger partial charge is 0.743 e. The average molecular weight is 599 g/mol. The van der Waals surface area contributed by atoms with Crippen LogP contribution in [0.3, 0.4) is 0 Å². The van der Waals surface area contributed by atoms with Gasteiger partial charge in [0.2, 0.25) is 5.78 Å². The molecule has 1 aliphatic heterocycles. The molecule has 0 radical (unpaired) electrons. The molecule has 1 saturated heterocycles. The van der Waals surface area contributed by atoms with E-state index in [-0.39, 0.29) is 18.3 Å². The van der Waals surface area contributed by atoms with E-state index in [0.29, 0.717) is 40.9 Å². The smallest absolute Gasteiger partial charge is 0.396 e. The van der Waals surface area contributed by atoms with Crippen molar-refractivity contribution < 1.29 is 35.3 Å². The van der Waals surface area contributed by atoms with E-state index in [2.05, 4.69) is 18.2 Å². The summed E-state index contributed by atoms with van der Waals surface area (Å²) in [5, 5.41) is -3.26. The van der Waals surface area contributed by atoms with E-state index in [9.17, 15) is 35.3 Å². The molecule has 2 aromatic rings. The molecule has 7 rings (SSSR count). The molecule has 4 bridgehead atoms. The summed E-state index contributed by atoms with van der Waals surface area (Å²) in [6.45, 7) is 0. The highest BCUT2D eigenvalue weighted by molar-refractivity contribution is 7.97. The van der Waals surface area contributed by atoms with E-state index < -0.39 is 33.1 Å². The van der Waals surface area contributed by atoms with Crippen LogP contribution in [0.1, 0.15) is 55.3 Å². The van der Waals surface area contributed by atoms with Crippen LogP contribution in [0.2, 0.25) is 0 Å². The maximum absolute atomic E-state index is 14.2. The number of Topliss-reactive ketones (excluding diaryl/α,β-unsaturated/α-hetero) is 1. The molecule has 2 aromatic carbocycles. The quantitative estimate of drug-likeness (QED) is 0.125. The van der Waals surface area contributed by atoms with Gasteiger partial charge in [-0.2, -0.15) is 17.6 Å². The number of alkyl halides is 4. The van der Waals surface area contributed by atoms with Crippen molar-refractivity contribution in [2.75, 3.05) is 17.3 Å². The summed E-state index contributed by atoms with van der Waals surface area (Å²) in [4.78, 5) is 12.4. The van der Waals surface area contributed by atoms with Gasteiger partial charge < -0.3 is 4.55 Å². The van der Waals surface area contributed by atoms with Gasteiger partial charge in [0.1, 0.15) is 11.5 Å². The summed E-state index contributed by atoms with van der Waals surface area (Å²) in [5.74, 6) is -2.19. The van der Waals surface area contributed by atoms with E-state index in [4.69, 9.17) is 0 Å². The maximum atomic E-state index is 14.2. The van der Waals surface area contributed by atoms with Gasteiger partial charge in [-0.05, 0) is 102 Å². The van der Waals surface area contributed by atoms with Gasteiger partial charge >= 0.3 is 11.2 Å². The van der Waals surface area contributed by atoms with Crippen molar-refractivity contribution in [1.29, 1.82) is 0 Å². The molecule has 5 aliphatic rings. The second-order valence-electron chi connectivity index (χ2n) is 12.4. The Morgan fingerprint density at radius 3 is 2.23 bits per heavy atom. The van der Waals surface area contributed by atoms with Crippen molar-refractivity contribution >= 4 is 37.6 Å². The Morgan fingerprint density at radius 2 is 1.52 bits per heavy atom. The summed E-state index contributed by atoms with van der Waals surface area (Å²) in [5.41, 5.74) is 0.910. The molecule has 4 aliphatic carbocycles. The second-order valence-corrected chi connectivity index (χ2v) is 16.2. The van der Waals surface area contributed by atoms with Crippen LogP contribution in [0.5, 0.6) is 0 Å². The zero-order valence-corrected chi connectivity index (χ0v) is 23.7. The highest BCUT2D eigenvalue weighted by atomic mass is 32.2. The van der Waals surface area contributed by atoms with Gasteiger partial charge in [0.05, 0.1) is 0 Å². The maximum Gasteiger partial charge on any atom is 0.396 e. The molecule has 4 nitrogen and oxygen atoms in total. The monoisotopic (exact) mass is 598 g/mol. The summed E-state index contributed by atoms with van der Waals surface area (Å²) in [6, 6.07) is 14.2. The number of ketones is 1. The predicted molar refractivity (Wildman–Crippen MR) is 147 cm³/mol. The first-order chi connectivity index (χ1) is 18.9. The minimum absolute atomic E-state index is 0.00803. The van der Waals surface area contributed by atoms with Crippen LogP contribution in [-0.4, -0.2) is 47.2 Å². The van der Waals surface area contributed by atoms with Gasteiger partial charge in [-0.25, -0.2) is 8.42 Å². The molecule has 5 fully saturated rings. The van der Waals surface area contributed by atoms with Crippen LogP contribution in [-0.2, 0) is 21.0 Å². The van der Waals surface area contributed by atoms with Crippen molar-refractivity contribution in [3.05, 3.63) is 48.0 Å². The molecule has 0 aromatic heterocycles. The molecule has 0 spiro atoms. The van der Waals surface area contributed by atoms with Crippen LogP contribution < -0.4 is 0 Å². The number of carbonyl (C=O) groups excluding carboxylic acids is 1. The minimum Gasteiger partial charge on any atom is -0.743 e. The van der Waals surface area contributed by atoms with Gasteiger partial charge in [0.15, 0.2) is 15.9 Å². The molecule has 218 valence electrons. The Bertz CT molecular complexity index is 1390. The van der Waals surface area contributed by atoms with Crippen LogP contribution in [0.15, 0.2) is 42.5 Å². The third-order valence-corrected chi connectivity index (χ3v) is 13.7. The lowest BCUT2D eigenvalue weighted by molar-refractivity contribution is -0.210. The van der Waals surface area contributed by atoms with Gasteiger partial charge in [0, 0.05) is 11.5 Å². The number of hydrogen-bond acceptors (Lipinski definition) is 4. The van der Waals surface area contributed by atoms with Crippen LogP contribution in [0.4, 0.5) is 17.6 Å². The lowest BCUT2D eigenvalue weighted by Gasteiger charge is -2.43. The summed E-state index contributed by atoms with van der Waals surface area (Å²) in [7, 11) is -6.03. The number of rotatable bonds is 6. The van der Waals surface area contributed by atoms with Crippen molar-refractivity contribution in [3.8, 4) is 0 Å². The molecule has 0 N–H and O–H groups in total. The van der Waals surface area contributed by atoms with Crippen LogP contribution in [0.25, 0.3) is 10.8 Å². The van der Waals surface area contributed by atoms with E-state index in [0.717, 1.165) is 41.4 Å². The second kappa shape index (κ2) is 10.3. The summed E-state index contributed by atoms with van der Waals surface area (Å²) in [6.07, 6.45) is 6.09. The summed E-state index contributed by atoms with van der Waals surface area (Å²) >= 11 is 0.